The molecule has 3 aromatic rings. The number of carbonyl (C=O) groups is 1. The van der Waals surface area contributed by atoms with Crippen LogP contribution in [-0.2, 0) is 0 Å². The fourth-order valence-corrected chi connectivity index (χ4v) is 2.49. The summed E-state index contributed by atoms with van der Waals surface area (Å²) in [5.74, 6) is -1.01. The molecule has 0 unspecified atom stereocenters. The molecule has 26 heavy (non-hydrogen) atoms. The Morgan fingerprint density at radius 3 is 1.92 bits per heavy atom. The molecule has 3 aromatic carbocycles. The summed E-state index contributed by atoms with van der Waals surface area (Å²) >= 11 is 0. The van der Waals surface area contributed by atoms with E-state index < -0.39 is 11.7 Å². The highest BCUT2D eigenvalue weighted by molar-refractivity contribution is 6.04. The molecule has 4 nitrogen and oxygen atoms in total. The first-order valence-electron chi connectivity index (χ1n) is 8.23. The van der Waals surface area contributed by atoms with Gasteiger partial charge in [-0.05, 0) is 60.7 Å². The normalized spacial score (nSPS) is 10.3. The van der Waals surface area contributed by atoms with E-state index >= 15 is 0 Å². The lowest BCUT2D eigenvalue weighted by Crippen LogP contribution is -2.13. The standard InChI is InChI=1S/C21H20FN3O/c1-25(2)18-13-11-16(12-14-18)23-15-7-9-17(10-8-15)24-21(26)19-5-3-4-6-20(19)22/h3-14,23H,1-2H3,(H,24,26). The van der Waals surface area contributed by atoms with E-state index in [2.05, 4.69) is 10.6 Å². The highest BCUT2D eigenvalue weighted by atomic mass is 19.1. The molecule has 2 N–H and O–H groups in total. The number of amides is 1. The molecule has 0 aliphatic rings. The van der Waals surface area contributed by atoms with Crippen molar-refractivity contribution >= 4 is 28.7 Å². The molecule has 0 aromatic heterocycles. The second kappa shape index (κ2) is 7.70. The average Bonchev–Trinajstić information content (AvgIpc) is 2.64. The Morgan fingerprint density at radius 2 is 1.35 bits per heavy atom. The van der Waals surface area contributed by atoms with Crippen LogP contribution >= 0.6 is 0 Å². The van der Waals surface area contributed by atoms with Crippen molar-refractivity contribution in [3.63, 3.8) is 0 Å². The lowest BCUT2D eigenvalue weighted by molar-refractivity contribution is 0.102. The summed E-state index contributed by atoms with van der Waals surface area (Å²) in [6.07, 6.45) is 0. The maximum Gasteiger partial charge on any atom is 0.258 e. The van der Waals surface area contributed by atoms with Gasteiger partial charge in [0.05, 0.1) is 5.56 Å². The van der Waals surface area contributed by atoms with Crippen molar-refractivity contribution in [3.05, 3.63) is 84.2 Å². The van der Waals surface area contributed by atoms with Gasteiger partial charge in [0, 0.05) is 36.8 Å². The molecule has 0 saturated carbocycles. The van der Waals surface area contributed by atoms with Crippen molar-refractivity contribution in [1.29, 1.82) is 0 Å². The van der Waals surface area contributed by atoms with Gasteiger partial charge in [0.1, 0.15) is 5.82 Å². The molecule has 3 rings (SSSR count). The molecule has 0 bridgehead atoms. The minimum atomic E-state index is -0.538. The third kappa shape index (κ3) is 4.19. The number of nitrogens with zero attached hydrogens (tertiary/aromatic N) is 1. The van der Waals surface area contributed by atoms with E-state index in [1.807, 2.05) is 55.4 Å². The first-order valence-corrected chi connectivity index (χ1v) is 8.23. The Labute approximate surface area is 152 Å². The molecular formula is C21H20FN3O. The second-order valence-electron chi connectivity index (χ2n) is 6.08. The van der Waals surface area contributed by atoms with Crippen LogP contribution in [0.25, 0.3) is 0 Å². The highest BCUT2D eigenvalue weighted by Crippen LogP contribution is 2.22. The lowest BCUT2D eigenvalue weighted by Gasteiger charge is -2.13. The minimum Gasteiger partial charge on any atom is -0.378 e. The molecule has 0 heterocycles. The van der Waals surface area contributed by atoms with Crippen LogP contribution in [0.2, 0.25) is 0 Å². The van der Waals surface area contributed by atoms with E-state index in [1.165, 1.54) is 12.1 Å². The summed E-state index contributed by atoms with van der Waals surface area (Å²) in [7, 11) is 3.99. The van der Waals surface area contributed by atoms with Crippen molar-refractivity contribution < 1.29 is 9.18 Å². The van der Waals surface area contributed by atoms with E-state index in [0.717, 1.165) is 17.1 Å². The number of benzene rings is 3. The van der Waals surface area contributed by atoms with Crippen LogP contribution in [0.3, 0.4) is 0 Å². The van der Waals surface area contributed by atoms with Gasteiger partial charge >= 0.3 is 0 Å². The Bertz CT molecular complexity index is 890. The van der Waals surface area contributed by atoms with Crippen LogP contribution < -0.4 is 15.5 Å². The largest absolute Gasteiger partial charge is 0.378 e. The maximum absolute atomic E-state index is 13.7. The van der Waals surface area contributed by atoms with Crippen molar-refractivity contribution in [1.82, 2.24) is 0 Å². The Morgan fingerprint density at radius 1 is 0.808 bits per heavy atom. The second-order valence-corrected chi connectivity index (χ2v) is 6.08. The van der Waals surface area contributed by atoms with Gasteiger partial charge in [-0.2, -0.15) is 0 Å². The molecule has 132 valence electrons. The molecule has 0 radical (unpaired) electrons. The number of hydrogen-bond acceptors (Lipinski definition) is 3. The van der Waals surface area contributed by atoms with Crippen molar-refractivity contribution in [2.45, 2.75) is 0 Å². The molecular weight excluding hydrogens is 329 g/mol. The van der Waals surface area contributed by atoms with Gasteiger partial charge < -0.3 is 15.5 Å². The number of nitrogens with one attached hydrogen (secondary N) is 2. The van der Waals surface area contributed by atoms with Gasteiger partial charge in [-0.15, -0.1) is 0 Å². The molecule has 0 spiro atoms. The zero-order chi connectivity index (χ0) is 18.5. The Kier molecular flexibility index (Phi) is 5.17. The predicted octanol–water partition coefficient (Wildman–Crippen LogP) is 4.89. The smallest absolute Gasteiger partial charge is 0.258 e. The number of rotatable bonds is 5. The first-order chi connectivity index (χ1) is 12.5. The van der Waals surface area contributed by atoms with Crippen molar-refractivity contribution in [3.8, 4) is 0 Å². The number of halogens is 1. The number of hydrogen-bond donors (Lipinski definition) is 2. The highest BCUT2D eigenvalue weighted by Gasteiger charge is 2.10. The Balaban J connectivity index is 1.65. The van der Waals surface area contributed by atoms with Gasteiger partial charge in [-0.25, -0.2) is 4.39 Å². The van der Waals surface area contributed by atoms with Crippen LogP contribution in [-0.4, -0.2) is 20.0 Å². The van der Waals surface area contributed by atoms with E-state index in [-0.39, 0.29) is 5.56 Å². The van der Waals surface area contributed by atoms with E-state index in [9.17, 15) is 9.18 Å². The summed E-state index contributed by atoms with van der Waals surface area (Å²) in [5, 5.41) is 6.00. The van der Waals surface area contributed by atoms with E-state index in [1.54, 1.807) is 24.3 Å². The van der Waals surface area contributed by atoms with E-state index in [4.69, 9.17) is 0 Å². The predicted molar refractivity (Wildman–Crippen MR) is 105 cm³/mol. The maximum atomic E-state index is 13.7. The van der Waals surface area contributed by atoms with Crippen LogP contribution in [0.5, 0.6) is 0 Å². The summed E-state index contributed by atoms with van der Waals surface area (Å²) in [4.78, 5) is 14.2. The summed E-state index contributed by atoms with van der Waals surface area (Å²) in [6, 6.07) is 21.2. The van der Waals surface area contributed by atoms with Crippen LogP contribution in [0.4, 0.5) is 27.1 Å². The quantitative estimate of drug-likeness (QED) is 0.689. The summed E-state index contributed by atoms with van der Waals surface area (Å²) < 4.78 is 13.7. The average molecular weight is 349 g/mol. The van der Waals surface area contributed by atoms with Gasteiger partial charge in [0.2, 0.25) is 0 Å². The molecule has 1 amide bonds. The van der Waals surface area contributed by atoms with Gasteiger partial charge in [0.25, 0.3) is 5.91 Å². The van der Waals surface area contributed by atoms with Gasteiger partial charge in [0.15, 0.2) is 0 Å². The van der Waals surface area contributed by atoms with Crippen LogP contribution in [0.1, 0.15) is 10.4 Å². The number of carbonyl (C=O) groups excluding carboxylic acids is 1. The lowest BCUT2D eigenvalue weighted by atomic mass is 10.2. The van der Waals surface area contributed by atoms with Crippen molar-refractivity contribution in [2.75, 3.05) is 29.6 Å². The molecule has 0 saturated heterocycles. The zero-order valence-electron chi connectivity index (χ0n) is 14.7. The SMILES string of the molecule is CN(C)c1ccc(Nc2ccc(NC(=O)c3ccccc3F)cc2)cc1. The molecule has 0 fully saturated rings. The van der Waals surface area contributed by atoms with Crippen molar-refractivity contribution in [2.24, 2.45) is 0 Å². The topological polar surface area (TPSA) is 44.4 Å². The third-order valence-corrected chi connectivity index (χ3v) is 3.93. The van der Waals surface area contributed by atoms with Crippen LogP contribution in [0, 0.1) is 5.82 Å². The van der Waals surface area contributed by atoms with Gasteiger partial charge in [-0.1, -0.05) is 12.1 Å². The fraction of sp³-hybridized carbons (Fsp3) is 0.0952. The van der Waals surface area contributed by atoms with Crippen LogP contribution in [0.15, 0.2) is 72.8 Å². The third-order valence-electron chi connectivity index (χ3n) is 3.93. The molecule has 5 heteroatoms. The molecule has 0 atom stereocenters. The Hall–Kier alpha value is -3.34. The molecule has 0 aliphatic carbocycles. The molecule has 0 aliphatic heterocycles. The minimum absolute atomic E-state index is 0.0238. The van der Waals surface area contributed by atoms with Gasteiger partial charge in [-0.3, -0.25) is 4.79 Å². The first kappa shape index (κ1) is 17.5. The fourth-order valence-electron chi connectivity index (χ4n) is 2.49. The monoisotopic (exact) mass is 349 g/mol. The number of anilines is 4. The summed E-state index contributed by atoms with van der Waals surface area (Å²) in [6.45, 7) is 0. The zero-order valence-corrected chi connectivity index (χ0v) is 14.7. The van der Waals surface area contributed by atoms with E-state index in [0.29, 0.717) is 5.69 Å². The summed E-state index contributed by atoms with van der Waals surface area (Å²) in [5.41, 5.74) is 3.62.